The summed E-state index contributed by atoms with van der Waals surface area (Å²) in [7, 11) is 1.93. The summed E-state index contributed by atoms with van der Waals surface area (Å²) in [5, 5.41) is 7.34. The lowest BCUT2D eigenvalue weighted by Crippen LogP contribution is -2.48. The smallest absolute Gasteiger partial charge is 0.251 e. The number of halogens is 1. The molecule has 1 aromatic carbocycles. The second-order valence-corrected chi connectivity index (χ2v) is 10.8. The fourth-order valence-electron chi connectivity index (χ4n) is 5.37. The van der Waals surface area contributed by atoms with Gasteiger partial charge in [0.15, 0.2) is 11.4 Å². The molecule has 5 heterocycles. The molecular weight excluding hydrogens is 555 g/mol. The van der Waals surface area contributed by atoms with Crippen molar-refractivity contribution in [3.63, 3.8) is 0 Å². The summed E-state index contributed by atoms with van der Waals surface area (Å²) >= 11 is 0. The monoisotopic (exact) mass is 592 g/mol. The van der Waals surface area contributed by atoms with Crippen molar-refractivity contribution in [1.82, 2.24) is 34.7 Å². The SMILES string of the molecule is CN(CCN1CCN(c2ccc(C(=O)NCCN3CCOCC3)cc2F)CC1)c1nc(N)n2nc(-c3ccco3)cc2n1. The van der Waals surface area contributed by atoms with Crippen LogP contribution in [0.15, 0.2) is 47.1 Å². The molecule has 0 saturated carbocycles. The summed E-state index contributed by atoms with van der Waals surface area (Å²) in [6, 6.07) is 10.2. The second-order valence-electron chi connectivity index (χ2n) is 10.8. The number of piperazine rings is 1. The number of morpholine rings is 1. The number of ether oxygens (including phenoxy) is 1. The van der Waals surface area contributed by atoms with E-state index >= 15 is 4.39 Å². The molecule has 0 aliphatic carbocycles. The number of benzene rings is 1. The number of carbonyl (C=O) groups excluding carboxylic acids is 1. The van der Waals surface area contributed by atoms with E-state index in [1.54, 1.807) is 24.5 Å². The van der Waals surface area contributed by atoms with Crippen LogP contribution in [0.3, 0.4) is 0 Å². The summed E-state index contributed by atoms with van der Waals surface area (Å²) < 4.78 is 27.4. The Hall–Kier alpha value is -4.27. The lowest BCUT2D eigenvalue weighted by Gasteiger charge is -2.36. The molecule has 0 spiro atoms. The molecule has 1 amide bonds. The molecule has 2 aliphatic rings. The van der Waals surface area contributed by atoms with Crippen molar-refractivity contribution in [3.05, 3.63) is 54.0 Å². The third-order valence-electron chi connectivity index (χ3n) is 7.94. The van der Waals surface area contributed by atoms with Gasteiger partial charge in [0.2, 0.25) is 11.9 Å². The van der Waals surface area contributed by atoms with Gasteiger partial charge in [0.25, 0.3) is 5.91 Å². The van der Waals surface area contributed by atoms with E-state index in [9.17, 15) is 4.79 Å². The predicted octanol–water partition coefficient (Wildman–Crippen LogP) is 1.43. The van der Waals surface area contributed by atoms with Crippen molar-refractivity contribution in [2.75, 3.05) is 101 Å². The number of nitrogens with one attached hydrogen (secondary N) is 1. The van der Waals surface area contributed by atoms with Crippen molar-refractivity contribution >= 4 is 29.1 Å². The van der Waals surface area contributed by atoms with Crippen molar-refractivity contribution in [3.8, 4) is 11.5 Å². The number of hydrogen-bond donors (Lipinski definition) is 2. The van der Waals surface area contributed by atoms with Gasteiger partial charge in [-0.3, -0.25) is 14.6 Å². The highest BCUT2D eigenvalue weighted by Gasteiger charge is 2.22. The maximum atomic E-state index is 15.1. The highest BCUT2D eigenvalue weighted by atomic mass is 19.1. The van der Waals surface area contributed by atoms with Gasteiger partial charge in [-0.2, -0.15) is 19.6 Å². The number of aromatic nitrogens is 4. The molecule has 6 rings (SSSR count). The number of carbonyl (C=O) groups is 1. The van der Waals surface area contributed by atoms with Crippen molar-refractivity contribution in [1.29, 1.82) is 0 Å². The van der Waals surface area contributed by atoms with Crippen molar-refractivity contribution < 1.29 is 18.3 Å². The Morgan fingerprint density at radius 2 is 1.84 bits per heavy atom. The molecule has 2 fully saturated rings. The number of hydrogen-bond acceptors (Lipinski definition) is 11. The molecule has 4 aromatic rings. The number of nitrogens with two attached hydrogens (primary N) is 1. The summed E-state index contributed by atoms with van der Waals surface area (Å²) in [6.07, 6.45) is 1.59. The molecule has 0 atom stereocenters. The van der Waals surface area contributed by atoms with Crippen LogP contribution in [0, 0.1) is 5.82 Å². The Morgan fingerprint density at radius 1 is 1.05 bits per heavy atom. The third-order valence-corrected chi connectivity index (χ3v) is 7.94. The Kier molecular flexibility index (Phi) is 8.67. The molecule has 2 aliphatic heterocycles. The average molecular weight is 593 g/mol. The van der Waals surface area contributed by atoms with E-state index in [-0.39, 0.29) is 17.7 Å². The van der Waals surface area contributed by atoms with E-state index < -0.39 is 0 Å². The van der Waals surface area contributed by atoms with E-state index in [2.05, 4.69) is 30.2 Å². The Bertz CT molecular complexity index is 1530. The van der Waals surface area contributed by atoms with Gasteiger partial charge in [0.05, 0.1) is 25.2 Å². The zero-order valence-electron chi connectivity index (χ0n) is 24.3. The van der Waals surface area contributed by atoms with Gasteiger partial charge < -0.3 is 30.0 Å². The molecule has 2 saturated heterocycles. The Balaban J connectivity index is 0.977. The van der Waals surface area contributed by atoms with Crippen LogP contribution in [0.25, 0.3) is 17.1 Å². The average Bonchev–Trinajstić information content (AvgIpc) is 3.72. The van der Waals surface area contributed by atoms with Crippen LogP contribution in [0.1, 0.15) is 10.4 Å². The quantitative estimate of drug-likeness (QED) is 0.277. The maximum absolute atomic E-state index is 15.1. The summed E-state index contributed by atoms with van der Waals surface area (Å²) in [6.45, 7) is 8.87. The summed E-state index contributed by atoms with van der Waals surface area (Å²) in [5.74, 6) is 0.756. The number of furan rings is 1. The minimum absolute atomic E-state index is 0.247. The first-order valence-corrected chi connectivity index (χ1v) is 14.6. The number of rotatable bonds is 10. The number of fused-ring (bicyclic) bond motifs is 1. The number of anilines is 3. The first kappa shape index (κ1) is 28.8. The molecule has 13 nitrogen and oxygen atoms in total. The summed E-state index contributed by atoms with van der Waals surface area (Å²) in [5.41, 5.74) is 8.26. The fraction of sp³-hybridized carbons (Fsp3) is 0.448. The van der Waals surface area contributed by atoms with Crippen molar-refractivity contribution in [2.24, 2.45) is 0 Å². The van der Waals surface area contributed by atoms with Crippen LogP contribution in [0.4, 0.5) is 22.0 Å². The van der Waals surface area contributed by atoms with Crippen LogP contribution in [-0.4, -0.2) is 121 Å². The minimum atomic E-state index is -0.380. The molecule has 0 unspecified atom stereocenters. The van der Waals surface area contributed by atoms with Crippen LogP contribution in [0.2, 0.25) is 0 Å². The van der Waals surface area contributed by atoms with E-state index in [1.165, 1.54) is 10.6 Å². The van der Waals surface area contributed by atoms with Crippen LogP contribution < -0.4 is 20.9 Å². The Morgan fingerprint density at radius 3 is 2.58 bits per heavy atom. The van der Waals surface area contributed by atoms with Crippen LogP contribution in [-0.2, 0) is 4.74 Å². The lowest BCUT2D eigenvalue weighted by atomic mass is 10.1. The standard InChI is InChI=1S/C29H37FN10O3/c1-36(29-33-26-20-23(25-3-2-16-43-25)35-40(26)28(31)34-29)8-9-38-10-12-39(13-11-38)24-5-4-21(19-22(24)30)27(41)32-6-7-37-14-17-42-18-15-37/h2-5,16,19-20H,6-15,17-18H2,1H3,(H,32,41)(H2,31,33,34). The maximum Gasteiger partial charge on any atom is 0.251 e. The minimum Gasteiger partial charge on any atom is -0.463 e. The number of amides is 1. The van der Waals surface area contributed by atoms with Gasteiger partial charge in [-0.1, -0.05) is 0 Å². The Labute approximate surface area is 249 Å². The van der Waals surface area contributed by atoms with E-state index in [0.29, 0.717) is 60.5 Å². The fourth-order valence-corrected chi connectivity index (χ4v) is 5.37. The molecule has 3 aromatic heterocycles. The zero-order chi connectivity index (χ0) is 29.8. The highest BCUT2D eigenvalue weighted by Crippen LogP contribution is 2.23. The normalized spacial score (nSPS) is 16.6. The second kappa shape index (κ2) is 12.9. The number of nitrogen functional groups attached to an aromatic ring is 1. The van der Waals surface area contributed by atoms with Crippen LogP contribution in [0.5, 0.6) is 0 Å². The lowest BCUT2D eigenvalue weighted by molar-refractivity contribution is 0.0383. The molecule has 14 heteroatoms. The molecule has 43 heavy (non-hydrogen) atoms. The number of nitrogens with zero attached hydrogens (tertiary/aromatic N) is 8. The first-order valence-electron chi connectivity index (χ1n) is 14.6. The molecule has 3 N–H and O–H groups in total. The van der Waals surface area contributed by atoms with E-state index in [4.69, 9.17) is 14.9 Å². The zero-order valence-corrected chi connectivity index (χ0v) is 24.3. The summed E-state index contributed by atoms with van der Waals surface area (Å²) in [4.78, 5) is 30.2. The molecule has 228 valence electrons. The highest BCUT2D eigenvalue weighted by molar-refractivity contribution is 5.94. The predicted molar refractivity (Wildman–Crippen MR) is 161 cm³/mol. The van der Waals surface area contributed by atoms with Gasteiger partial charge in [-0.25, -0.2) is 4.39 Å². The largest absolute Gasteiger partial charge is 0.463 e. The first-order chi connectivity index (χ1) is 20.9. The van der Waals surface area contributed by atoms with Gasteiger partial charge in [-0.15, -0.1) is 0 Å². The van der Waals surface area contributed by atoms with E-state index in [0.717, 1.165) is 52.5 Å². The van der Waals surface area contributed by atoms with Gasteiger partial charge in [0.1, 0.15) is 11.5 Å². The van der Waals surface area contributed by atoms with Crippen molar-refractivity contribution in [2.45, 2.75) is 0 Å². The van der Waals surface area contributed by atoms with Crippen LogP contribution >= 0.6 is 0 Å². The third kappa shape index (κ3) is 6.71. The number of likely N-dealkylation sites (N-methyl/N-ethyl adjacent to an activating group) is 1. The van der Waals surface area contributed by atoms with Gasteiger partial charge in [-0.05, 0) is 30.3 Å². The molecular formula is C29H37FN10O3. The molecule has 0 bridgehead atoms. The van der Waals surface area contributed by atoms with Gasteiger partial charge >= 0.3 is 0 Å². The topological polar surface area (TPSA) is 134 Å². The van der Waals surface area contributed by atoms with E-state index in [1.807, 2.05) is 29.0 Å². The van der Waals surface area contributed by atoms with Gasteiger partial charge in [0, 0.05) is 84.1 Å². The molecule has 0 radical (unpaired) electrons.